The third-order valence-corrected chi connectivity index (χ3v) is 6.14. The highest BCUT2D eigenvalue weighted by Gasteiger charge is 2.21. The summed E-state index contributed by atoms with van der Waals surface area (Å²) in [4.78, 5) is 27.6. The van der Waals surface area contributed by atoms with Gasteiger partial charge in [0, 0.05) is 24.7 Å². The molecule has 38 heavy (non-hydrogen) atoms. The third kappa shape index (κ3) is 8.96. The zero-order chi connectivity index (χ0) is 27.5. The molecule has 0 heterocycles. The molecule has 7 heteroatoms. The van der Waals surface area contributed by atoms with Crippen LogP contribution in [-0.4, -0.2) is 35.6 Å². The fourth-order valence-electron chi connectivity index (χ4n) is 3.74. The topological polar surface area (TPSA) is 67.9 Å². The number of alkyl carbamates (subject to hydrolysis) is 1. The van der Waals surface area contributed by atoms with Crippen molar-refractivity contribution in [3.63, 3.8) is 0 Å². The van der Waals surface area contributed by atoms with Crippen LogP contribution in [0.3, 0.4) is 0 Å². The number of nitrogens with one attached hydrogen (secondary N) is 1. The summed E-state index contributed by atoms with van der Waals surface area (Å²) < 4.78 is 11.4. The molecule has 0 bridgehead atoms. The number of benzene rings is 3. The fourth-order valence-corrected chi connectivity index (χ4v) is 3.87. The van der Waals surface area contributed by atoms with Crippen LogP contribution in [0.15, 0.2) is 85.5 Å². The second kappa shape index (κ2) is 13.7. The number of hydrogen-bond acceptors (Lipinski definition) is 4. The van der Waals surface area contributed by atoms with Crippen molar-refractivity contribution < 1.29 is 19.1 Å². The summed E-state index contributed by atoms with van der Waals surface area (Å²) >= 11 is 6.06. The average molecular weight is 535 g/mol. The van der Waals surface area contributed by atoms with Crippen molar-refractivity contribution in [3.05, 3.63) is 113 Å². The Kier molecular flexibility index (Phi) is 10.4. The lowest BCUT2D eigenvalue weighted by molar-refractivity contribution is 0.0710. The molecule has 3 aromatic carbocycles. The lowest BCUT2D eigenvalue weighted by atomic mass is 10.1. The molecule has 0 atom stereocenters. The summed E-state index contributed by atoms with van der Waals surface area (Å²) in [6.45, 7) is 10.7. The molecular weight excluding hydrogens is 500 g/mol. The first-order valence-corrected chi connectivity index (χ1v) is 13.0. The molecule has 3 aromatic rings. The number of aryl methyl sites for hydroxylation is 1. The second-order valence-corrected chi connectivity index (χ2v) is 10.0. The van der Waals surface area contributed by atoms with Gasteiger partial charge in [-0.15, -0.1) is 0 Å². The van der Waals surface area contributed by atoms with E-state index in [0.717, 1.165) is 16.7 Å². The molecule has 1 N–H and O–H groups in total. The van der Waals surface area contributed by atoms with Gasteiger partial charge in [-0.3, -0.25) is 4.79 Å². The maximum atomic E-state index is 13.8. The van der Waals surface area contributed by atoms with Gasteiger partial charge in [-0.25, -0.2) is 4.79 Å². The van der Waals surface area contributed by atoms with Crippen molar-refractivity contribution in [3.8, 4) is 5.75 Å². The first kappa shape index (κ1) is 28.8. The van der Waals surface area contributed by atoms with Gasteiger partial charge < -0.3 is 19.7 Å². The summed E-state index contributed by atoms with van der Waals surface area (Å²) in [5.41, 5.74) is 2.84. The Morgan fingerprint density at radius 1 is 1.03 bits per heavy atom. The van der Waals surface area contributed by atoms with Crippen molar-refractivity contribution in [2.24, 2.45) is 0 Å². The Morgan fingerprint density at radius 2 is 1.76 bits per heavy atom. The Bertz CT molecular complexity index is 1240. The molecule has 2 amide bonds. The van der Waals surface area contributed by atoms with Gasteiger partial charge in [0.1, 0.15) is 18.0 Å². The van der Waals surface area contributed by atoms with E-state index in [1.54, 1.807) is 43.0 Å². The molecule has 0 saturated carbocycles. The molecule has 0 aromatic heterocycles. The minimum atomic E-state index is -0.761. The minimum absolute atomic E-state index is 0.157. The van der Waals surface area contributed by atoms with E-state index in [2.05, 4.69) is 18.0 Å². The molecule has 0 aliphatic rings. The Morgan fingerprint density at radius 3 is 2.47 bits per heavy atom. The Labute approximate surface area is 230 Å². The Hall–Kier alpha value is -3.77. The predicted octanol–water partition coefficient (Wildman–Crippen LogP) is 6.95. The first-order valence-electron chi connectivity index (χ1n) is 12.6. The van der Waals surface area contributed by atoms with Crippen molar-refractivity contribution in [2.45, 2.75) is 45.9 Å². The van der Waals surface area contributed by atoms with E-state index >= 15 is 0 Å². The minimum Gasteiger partial charge on any atom is -0.488 e. The van der Waals surface area contributed by atoms with Crippen LogP contribution in [0, 0.1) is 6.92 Å². The highest BCUT2D eigenvalue weighted by molar-refractivity contribution is 6.30. The van der Waals surface area contributed by atoms with Crippen LogP contribution in [0.25, 0.3) is 0 Å². The fraction of sp³-hybridized carbons (Fsp3) is 0.290. The number of nitrogens with zero attached hydrogens (tertiary/aromatic N) is 1. The van der Waals surface area contributed by atoms with Gasteiger partial charge in [-0.05, 0) is 68.7 Å². The molecule has 3 rings (SSSR count). The molecule has 0 aliphatic heterocycles. The van der Waals surface area contributed by atoms with E-state index in [1.807, 2.05) is 55.5 Å². The second-order valence-electron chi connectivity index (χ2n) is 9.60. The van der Waals surface area contributed by atoms with E-state index in [0.29, 0.717) is 49.0 Å². The average Bonchev–Trinajstić information content (AvgIpc) is 2.90. The van der Waals surface area contributed by atoms with Crippen LogP contribution < -0.4 is 10.1 Å². The molecule has 0 saturated heterocycles. The monoisotopic (exact) mass is 534 g/mol. The smallest absolute Gasteiger partial charge is 0.407 e. The number of carbonyl (C=O) groups excluding carboxylic acids is 2. The van der Waals surface area contributed by atoms with Gasteiger partial charge in [0.25, 0.3) is 5.91 Å². The van der Waals surface area contributed by atoms with Crippen molar-refractivity contribution in [2.75, 3.05) is 13.1 Å². The van der Waals surface area contributed by atoms with Crippen molar-refractivity contribution in [1.29, 1.82) is 0 Å². The molecule has 0 fully saturated rings. The maximum absolute atomic E-state index is 13.8. The van der Waals surface area contributed by atoms with E-state index in [9.17, 15) is 9.59 Å². The number of amides is 2. The number of rotatable bonds is 12. The number of halogens is 1. The van der Waals surface area contributed by atoms with Crippen LogP contribution in [-0.2, 0) is 17.9 Å². The standard InChI is InChI=1S/C31H35ClN2O4/c1-5-31(3,4)38-30(36)33-18-9-19-34(21-24-14-16-26(32)17-15-24)29(35)27-12-6-7-13-28(27)37-22-25-11-8-10-23(2)20-25/h5-8,10-17,20H,1,9,18-19,21-22H2,2-4H3,(H,33,36). The zero-order valence-corrected chi connectivity index (χ0v) is 23.0. The van der Waals surface area contributed by atoms with Gasteiger partial charge >= 0.3 is 6.09 Å². The lowest BCUT2D eigenvalue weighted by Crippen LogP contribution is -2.36. The highest BCUT2D eigenvalue weighted by Crippen LogP contribution is 2.23. The van der Waals surface area contributed by atoms with Gasteiger partial charge in [-0.2, -0.15) is 0 Å². The molecule has 0 spiro atoms. The summed E-state index contributed by atoms with van der Waals surface area (Å²) in [5, 5.41) is 3.38. The summed E-state index contributed by atoms with van der Waals surface area (Å²) in [6, 6.07) is 22.7. The highest BCUT2D eigenvalue weighted by atomic mass is 35.5. The molecule has 6 nitrogen and oxygen atoms in total. The molecule has 0 radical (unpaired) electrons. The quantitative estimate of drug-likeness (QED) is 0.202. The van der Waals surface area contributed by atoms with Crippen LogP contribution in [0.5, 0.6) is 5.75 Å². The molecule has 200 valence electrons. The molecule has 0 unspecified atom stereocenters. The van der Waals surface area contributed by atoms with E-state index in [-0.39, 0.29) is 5.91 Å². The number of para-hydroxylation sites is 1. The van der Waals surface area contributed by atoms with Crippen LogP contribution in [0.1, 0.15) is 47.3 Å². The summed E-state index contributed by atoms with van der Waals surface area (Å²) in [5.74, 6) is 0.364. The number of hydrogen-bond donors (Lipinski definition) is 1. The van der Waals surface area contributed by atoms with Crippen LogP contribution >= 0.6 is 11.6 Å². The SMILES string of the molecule is C=CC(C)(C)OC(=O)NCCCN(Cc1ccc(Cl)cc1)C(=O)c1ccccc1OCc1cccc(C)c1. The van der Waals surface area contributed by atoms with Crippen molar-refractivity contribution >= 4 is 23.6 Å². The number of ether oxygens (including phenoxy) is 2. The normalized spacial score (nSPS) is 10.9. The maximum Gasteiger partial charge on any atom is 0.407 e. The van der Waals surface area contributed by atoms with Gasteiger partial charge in [0.2, 0.25) is 0 Å². The summed E-state index contributed by atoms with van der Waals surface area (Å²) in [6.07, 6.45) is 1.58. The molecule has 0 aliphatic carbocycles. The van der Waals surface area contributed by atoms with Crippen LogP contribution in [0.4, 0.5) is 4.79 Å². The predicted molar refractivity (Wildman–Crippen MR) is 152 cm³/mol. The largest absolute Gasteiger partial charge is 0.488 e. The van der Waals surface area contributed by atoms with E-state index in [4.69, 9.17) is 21.1 Å². The molecular formula is C31H35ClN2O4. The van der Waals surface area contributed by atoms with E-state index in [1.165, 1.54) is 0 Å². The lowest BCUT2D eigenvalue weighted by Gasteiger charge is -2.25. The van der Waals surface area contributed by atoms with Crippen LogP contribution in [0.2, 0.25) is 5.02 Å². The van der Waals surface area contributed by atoms with Crippen molar-refractivity contribution in [1.82, 2.24) is 10.2 Å². The van der Waals surface area contributed by atoms with Gasteiger partial charge in [0.05, 0.1) is 5.56 Å². The first-order chi connectivity index (χ1) is 18.2. The van der Waals surface area contributed by atoms with Gasteiger partial charge in [-0.1, -0.05) is 72.3 Å². The summed E-state index contributed by atoms with van der Waals surface area (Å²) in [7, 11) is 0. The van der Waals surface area contributed by atoms with E-state index < -0.39 is 11.7 Å². The van der Waals surface area contributed by atoms with Gasteiger partial charge in [0.15, 0.2) is 0 Å². The Balaban J connectivity index is 1.71. The zero-order valence-electron chi connectivity index (χ0n) is 22.2. The number of carbonyl (C=O) groups is 2. The third-order valence-electron chi connectivity index (χ3n) is 5.89.